The fourth-order valence-electron chi connectivity index (χ4n) is 3.09. The predicted molar refractivity (Wildman–Crippen MR) is 92.3 cm³/mol. The van der Waals surface area contributed by atoms with Gasteiger partial charge in [-0.2, -0.15) is 0 Å². The lowest BCUT2D eigenvalue weighted by atomic mass is 10.0. The maximum atomic E-state index is 5.85. The van der Waals surface area contributed by atoms with Crippen molar-refractivity contribution in [2.24, 2.45) is 0 Å². The Labute approximate surface area is 132 Å². The van der Waals surface area contributed by atoms with Crippen molar-refractivity contribution in [1.29, 1.82) is 0 Å². The maximum absolute atomic E-state index is 5.85. The molecule has 0 aliphatic carbocycles. The lowest BCUT2D eigenvalue weighted by Gasteiger charge is -2.05. The smallest absolute Gasteiger partial charge is 0.153 e. The first kappa shape index (κ1) is 12.4. The van der Waals surface area contributed by atoms with E-state index in [0.717, 1.165) is 44.1 Å². The van der Waals surface area contributed by atoms with Crippen LogP contribution in [0.25, 0.3) is 44.1 Å². The molecule has 5 aromatic rings. The highest BCUT2D eigenvalue weighted by atomic mass is 16.3. The van der Waals surface area contributed by atoms with Crippen LogP contribution >= 0.6 is 0 Å². The second kappa shape index (κ2) is 4.65. The van der Waals surface area contributed by atoms with Gasteiger partial charge in [-0.3, -0.25) is 9.97 Å². The molecule has 3 aromatic heterocycles. The van der Waals surface area contributed by atoms with Crippen molar-refractivity contribution >= 4 is 32.8 Å². The van der Waals surface area contributed by atoms with Gasteiger partial charge in [-0.05, 0) is 18.2 Å². The number of para-hydroxylation sites is 2. The van der Waals surface area contributed by atoms with Crippen molar-refractivity contribution in [3.63, 3.8) is 0 Å². The fourth-order valence-corrected chi connectivity index (χ4v) is 3.09. The number of pyridine rings is 2. The Balaban J connectivity index is 1.84. The van der Waals surface area contributed by atoms with E-state index in [1.165, 1.54) is 0 Å². The van der Waals surface area contributed by atoms with E-state index in [1.807, 2.05) is 36.5 Å². The van der Waals surface area contributed by atoms with Crippen molar-refractivity contribution in [2.75, 3.05) is 0 Å². The van der Waals surface area contributed by atoms with Crippen molar-refractivity contribution in [3.8, 4) is 11.3 Å². The third-order valence-corrected chi connectivity index (χ3v) is 4.17. The summed E-state index contributed by atoms with van der Waals surface area (Å²) in [5.41, 5.74) is 4.61. The zero-order chi connectivity index (χ0) is 15.2. The summed E-state index contributed by atoms with van der Waals surface area (Å²) in [7, 11) is 0. The van der Waals surface area contributed by atoms with Crippen LogP contribution in [0.1, 0.15) is 0 Å². The topological polar surface area (TPSA) is 38.9 Å². The second-order valence-corrected chi connectivity index (χ2v) is 5.54. The molecule has 2 aromatic carbocycles. The molecule has 0 bridgehead atoms. The molecule has 0 aliphatic rings. The van der Waals surface area contributed by atoms with Gasteiger partial charge in [0.05, 0.1) is 17.4 Å². The van der Waals surface area contributed by atoms with Gasteiger partial charge >= 0.3 is 0 Å². The molecule has 0 atom stereocenters. The van der Waals surface area contributed by atoms with Gasteiger partial charge in [-0.25, -0.2) is 0 Å². The van der Waals surface area contributed by atoms with Crippen molar-refractivity contribution < 1.29 is 4.42 Å². The molecule has 0 radical (unpaired) electrons. The molecule has 0 saturated heterocycles. The third kappa shape index (κ3) is 1.83. The third-order valence-electron chi connectivity index (χ3n) is 4.17. The SMILES string of the molecule is c1cnc2c(-c3cc4c(cn3)oc3ccccc34)cccc2c1. The molecule has 3 heteroatoms. The highest BCUT2D eigenvalue weighted by Gasteiger charge is 2.11. The number of benzene rings is 2. The number of rotatable bonds is 1. The lowest BCUT2D eigenvalue weighted by molar-refractivity contribution is 0.667. The number of furan rings is 1. The zero-order valence-corrected chi connectivity index (χ0v) is 12.2. The molecule has 0 aliphatic heterocycles. The first-order valence-corrected chi connectivity index (χ1v) is 7.51. The Kier molecular flexibility index (Phi) is 2.50. The van der Waals surface area contributed by atoms with E-state index in [2.05, 4.69) is 40.3 Å². The maximum Gasteiger partial charge on any atom is 0.153 e. The molecule has 3 heterocycles. The van der Waals surface area contributed by atoms with Gasteiger partial charge < -0.3 is 4.42 Å². The quantitative estimate of drug-likeness (QED) is 0.427. The van der Waals surface area contributed by atoms with Crippen LogP contribution in [0.3, 0.4) is 0 Å². The molecule has 0 unspecified atom stereocenters. The molecule has 0 N–H and O–H groups in total. The van der Waals surface area contributed by atoms with Crippen LogP contribution in [0.5, 0.6) is 0 Å². The van der Waals surface area contributed by atoms with Crippen LogP contribution in [0.2, 0.25) is 0 Å². The molecular formula is C20H12N2O. The Morgan fingerprint density at radius 1 is 0.739 bits per heavy atom. The van der Waals surface area contributed by atoms with Gasteiger partial charge in [0.25, 0.3) is 0 Å². The Morgan fingerprint density at radius 2 is 1.65 bits per heavy atom. The normalized spacial score (nSPS) is 11.5. The van der Waals surface area contributed by atoms with E-state index < -0.39 is 0 Å². The van der Waals surface area contributed by atoms with Crippen LogP contribution in [-0.2, 0) is 0 Å². The number of aromatic nitrogens is 2. The highest BCUT2D eigenvalue weighted by Crippen LogP contribution is 2.32. The Bertz CT molecular complexity index is 1170. The van der Waals surface area contributed by atoms with Gasteiger partial charge in [-0.15, -0.1) is 0 Å². The number of nitrogens with zero attached hydrogens (tertiary/aromatic N) is 2. The minimum Gasteiger partial charge on any atom is -0.454 e. The van der Waals surface area contributed by atoms with Crippen LogP contribution < -0.4 is 0 Å². The molecular weight excluding hydrogens is 284 g/mol. The summed E-state index contributed by atoms with van der Waals surface area (Å²) in [6.07, 6.45) is 3.62. The van der Waals surface area contributed by atoms with Crippen LogP contribution in [0.4, 0.5) is 0 Å². The summed E-state index contributed by atoms with van der Waals surface area (Å²) < 4.78 is 5.85. The second-order valence-electron chi connectivity index (χ2n) is 5.54. The molecule has 0 spiro atoms. The Morgan fingerprint density at radius 3 is 2.65 bits per heavy atom. The van der Waals surface area contributed by atoms with Crippen LogP contribution in [0.15, 0.2) is 77.5 Å². The summed E-state index contributed by atoms with van der Waals surface area (Å²) in [6, 6.07) is 20.3. The van der Waals surface area contributed by atoms with Crippen molar-refractivity contribution in [1.82, 2.24) is 9.97 Å². The largest absolute Gasteiger partial charge is 0.454 e. The number of fused-ring (bicyclic) bond motifs is 4. The van der Waals surface area contributed by atoms with E-state index >= 15 is 0 Å². The highest BCUT2D eigenvalue weighted by molar-refractivity contribution is 6.06. The summed E-state index contributed by atoms with van der Waals surface area (Å²) in [6.45, 7) is 0. The minimum absolute atomic E-state index is 0.808. The standard InChI is InChI=1S/C20H12N2O/c1-2-9-18-14(7-1)16-11-17(22-12-19(16)23-18)15-8-3-5-13-6-4-10-21-20(13)15/h1-12H. The predicted octanol–water partition coefficient (Wildman–Crippen LogP) is 5.20. The van der Waals surface area contributed by atoms with Gasteiger partial charge in [-0.1, -0.05) is 42.5 Å². The van der Waals surface area contributed by atoms with Crippen molar-refractivity contribution in [3.05, 3.63) is 73.1 Å². The summed E-state index contributed by atoms with van der Waals surface area (Å²) in [5.74, 6) is 0. The zero-order valence-electron chi connectivity index (χ0n) is 12.2. The monoisotopic (exact) mass is 296 g/mol. The fraction of sp³-hybridized carbons (Fsp3) is 0. The molecule has 0 amide bonds. The molecule has 23 heavy (non-hydrogen) atoms. The molecule has 108 valence electrons. The van der Waals surface area contributed by atoms with Gasteiger partial charge in [0.1, 0.15) is 5.58 Å². The van der Waals surface area contributed by atoms with Gasteiger partial charge in [0.15, 0.2) is 5.58 Å². The first-order valence-electron chi connectivity index (χ1n) is 7.51. The number of hydrogen-bond donors (Lipinski definition) is 0. The first-order chi connectivity index (χ1) is 11.4. The average Bonchev–Trinajstić information content (AvgIpc) is 2.99. The number of hydrogen-bond acceptors (Lipinski definition) is 3. The van der Waals surface area contributed by atoms with E-state index in [1.54, 1.807) is 6.20 Å². The van der Waals surface area contributed by atoms with Gasteiger partial charge in [0, 0.05) is 27.9 Å². The molecule has 0 fully saturated rings. The molecule has 0 saturated carbocycles. The Hall–Kier alpha value is -3.20. The van der Waals surface area contributed by atoms with E-state index in [0.29, 0.717) is 0 Å². The van der Waals surface area contributed by atoms with Crippen molar-refractivity contribution in [2.45, 2.75) is 0 Å². The summed E-state index contributed by atoms with van der Waals surface area (Å²) in [4.78, 5) is 9.11. The van der Waals surface area contributed by atoms with Gasteiger partial charge in [0.2, 0.25) is 0 Å². The minimum atomic E-state index is 0.808. The molecule has 5 rings (SSSR count). The van der Waals surface area contributed by atoms with E-state index in [4.69, 9.17) is 4.42 Å². The summed E-state index contributed by atoms with van der Waals surface area (Å²) in [5, 5.41) is 3.31. The van der Waals surface area contributed by atoms with Crippen LogP contribution in [0, 0.1) is 0 Å². The average molecular weight is 296 g/mol. The lowest BCUT2D eigenvalue weighted by Crippen LogP contribution is -1.87. The van der Waals surface area contributed by atoms with E-state index in [-0.39, 0.29) is 0 Å². The molecule has 3 nitrogen and oxygen atoms in total. The van der Waals surface area contributed by atoms with Crippen LogP contribution in [-0.4, -0.2) is 9.97 Å². The van der Waals surface area contributed by atoms with E-state index in [9.17, 15) is 0 Å². The summed E-state index contributed by atoms with van der Waals surface area (Å²) >= 11 is 0.